The first-order valence-corrected chi connectivity index (χ1v) is 4.95. The normalized spacial score (nSPS) is 11.9. The van der Waals surface area contributed by atoms with E-state index in [9.17, 15) is 14.9 Å². The monoisotopic (exact) mass is 238 g/mol. The first kappa shape index (κ1) is 13.0. The van der Waals surface area contributed by atoms with Crippen molar-refractivity contribution in [3.8, 4) is 5.75 Å². The van der Waals surface area contributed by atoms with Crippen LogP contribution >= 0.6 is 0 Å². The Morgan fingerprint density at radius 1 is 1.65 bits per heavy atom. The van der Waals surface area contributed by atoms with E-state index < -0.39 is 17.0 Å². The quantitative estimate of drug-likeness (QED) is 0.626. The highest BCUT2D eigenvalue weighted by molar-refractivity contribution is 5.72. The second-order valence-corrected chi connectivity index (χ2v) is 3.40. The fraction of sp³-hybridized carbons (Fsp3) is 0.273. The molecule has 1 N–H and O–H groups in total. The van der Waals surface area contributed by atoms with E-state index in [1.54, 1.807) is 6.92 Å². The van der Waals surface area contributed by atoms with Gasteiger partial charge in [-0.2, -0.15) is 0 Å². The molecule has 0 amide bonds. The van der Waals surface area contributed by atoms with Crippen molar-refractivity contribution in [2.45, 2.75) is 19.4 Å². The predicted molar refractivity (Wildman–Crippen MR) is 59.9 cm³/mol. The molecule has 1 atom stereocenters. The third-order valence-electron chi connectivity index (χ3n) is 2.18. The summed E-state index contributed by atoms with van der Waals surface area (Å²) in [6.45, 7) is 5.16. The van der Waals surface area contributed by atoms with Crippen molar-refractivity contribution in [3.63, 3.8) is 0 Å². The largest absolute Gasteiger partial charge is 0.479 e. The molecule has 0 fully saturated rings. The Balaban J connectivity index is 2.96. The molecule has 0 saturated heterocycles. The summed E-state index contributed by atoms with van der Waals surface area (Å²) in [7, 11) is 0. The van der Waals surface area contributed by atoms with Crippen LogP contribution in [0.2, 0.25) is 0 Å². The molecule has 91 valence electrons. The Bertz CT molecular complexity index is 443. The van der Waals surface area contributed by atoms with Crippen LogP contribution in [0, 0.1) is 17.0 Å². The Morgan fingerprint density at radius 2 is 2.29 bits per heavy atom. The lowest BCUT2D eigenvalue weighted by Gasteiger charge is -2.13. The summed E-state index contributed by atoms with van der Waals surface area (Å²) in [4.78, 5) is 20.8. The highest BCUT2D eigenvalue weighted by Gasteiger charge is 2.19. The van der Waals surface area contributed by atoms with Crippen LogP contribution in [0.25, 0.3) is 0 Å². The topological polar surface area (TPSA) is 89.7 Å². The Hall–Kier alpha value is -2.11. The van der Waals surface area contributed by atoms with Crippen LogP contribution < -0.4 is 4.74 Å². The smallest absolute Gasteiger partial charge is 0.344 e. The van der Waals surface area contributed by atoms with Gasteiger partial charge in [0.05, 0.1) is 11.0 Å². The number of aliphatic carboxylic acids is 1. The zero-order valence-corrected chi connectivity index (χ0v) is 9.25. The van der Waals surface area contributed by atoms with Gasteiger partial charge < -0.3 is 9.84 Å². The number of hydrogen-bond donors (Lipinski definition) is 1. The summed E-state index contributed by atoms with van der Waals surface area (Å²) >= 11 is 0. The van der Waals surface area contributed by atoms with Gasteiger partial charge in [-0.25, -0.2) is 4.79 Å². The van der Waals surface area contributed by atoms with Crippen molar-refractivity contribution in [3.05, 3.63) is 40.8 Å². The molecule has 17 heavy (non-hydrogen) atoms. The van der Waals surface area contributed by atoms with Crippen LogP contribution in [0.4, 0.5) is 5.69 Å². The molecule has 0 aromatic heterocycles. The summed E-state index contributed by atoms with van der Waals surface area (Å²) in [5.74, 6) is -0.952. The molecule has 0 aliphatic rings. The van der Waals surface area contributed by atoms with Gasteiger partial charge >= 0.3 is 5.97 Å². The van der Waals surface area contributed by atoms with Gasteiger partial charge in [0.15, 0.2) is 6.10 Å². The Morgan fingerprint density at radius 3 is 2.76 bits per heavy atom. The Kier molecular flexibility index (Phi) is 4.03. The first-order chi connectivity index (χ1) is 7.95. The van der Waals surface area contributed by atoms with E-state index in [-0.39, 0.29) is 23.4 Å². The van der Waals surface area contributed by atoms with Crippen LogP contribution in [0.15, 0.2) is 18.2 Å². The Labute approximate surface area is 98.0 Å². The average molecular weight is 238 g/mol. The summed E-state index contributed by atoms with van der Waals surface area (Å²) < 4.78 is 5.14. The number of benzene rings is 1. The van der Waals surface area contributed by atoms with E-state index in [0.29, 0.717) is 0 Å². The molecular weight excluding hydrogens is 226 g/mol. The fourth-order valence-corrected chi connectivity index (χ4v) is 1.26. The first-order valence-electron chi connectivity index (χ1n) is 4.95. The summed E-state index contributed by atoms with van der Waals surface area (Å²) in [6.07, 6.45) is -0.736. The van der Waals surface area contributed by atoms with Crippen molar-refractivity contribution in [2.75, 3.05) is 0 Å². The number of nitrogens with zero attached hydrogens (tertiary/aromatic N) is 1. The molecule has 1 aromatic rings. The molecule has 0 saturated carbocycles. The molecule has 6 heteroatoms. The predicted octanol–water partition coefficient (Wildman–Crippen LogP) is 2.02. The van der Waals surface area contributed by atoms with Crippen LogP contribution in [0.3, 0.4) is 0 Å². The third kappa shape index (κ3) is 3.17. The summed E-state index contributed by atoms with van der Waals surface area (Å²) in [5, 5.41) is 19.5. The lowest BCUT2D eigenvalue weighted by atomic mass is 10.2. The van der Waals surface area contributed by atoms with Crippen molar-refractivity contribution in [2.24, 2.45) is 0 Å². The van der Waals surface area contributed by atoms with Gasteiger partial charge in [0.1, 0.15) is 5.75 Å². The van der Waals surface area contributed by atoms with Crippen molar-refractivity contribution < 1.29 is 19.6 Å². The lowest BCUT2D eigenvalue weighted by molar-refractivity contribution is -0.385. The molecule has 0 heterocycles. The van der Waals surface area contributed by atoms with Gasteiger partial charge in [0, 0.05) is 5.56 Å². The molecule has 1 unspecified atom stereocenters. The zero-order valence-electron chi connectivity index (χ0n) is 9.25. The van der Waals surface area contributed by atoms with Gasteiger partial charge in [-0.1, -0.05) is 6.92 Å². The van der Waals surface area contributed by atoms with E-state index in [1.807, 2.05) is 0 Å². The molecule has 1 aromatic carbocycles. The van der Waals surface area contributed by atoms with Gasteiger partial charge in [-0.05, 0) is 25.5 Å². The fourth-order valence-electron chi connectivity index (χ4n) is 1.26. The summed E-state index contributed by atoms with van der Waals surface area (Å²) in [6, 6.07) is 4.05. The van der Waals surface area contributed by atoms with Gasteiger partial charge in [-0.3, -0.25) is 10.1 Å². The van der Waals surface area contributed by atoms with Gasteiger partial charge in [0.25, 0.3) is 5.69 Å². The second kappa shape index (κ2) is 5.29. The minimum absolute atomic E-state index is 0.151. The highest BCUT2D eigenvalue weighted by Crippen LogP contribution is 2.24. The van der Waals surface area contributed by atoms with E-state index in [1.165, 1.54) is 18.2 Å². The zero-order chi connectivity index (χ0) is 13.0. The number of nitro benzene ring substituents is 1. The molecule has 0 aliphatic heterocycles. The average Bonchev–Trinajstić information content (AvgIpc) is 2.27. The van der Waals surface area contributed by atoms with Crippen LogP contribution in [0.5, 0.6) is 5.75 Å². The molecule has 0 aliphatic carbocycles. The maximum Gasteiger partial charge on any atom is 0.344 e. The number of rotatable bonds is 5. The summed E-state index contributed by atoms with van der Waals surface area (Å²) in [5.41, 5.74) is 0.0634. The number of carboxylic acid groups (broad SMARTS) is 1. The van der Waals surface area contributed by atoms with Crippen molar-refractivity contribution in [1.29, 1.82) is 0 Å². The van der Waals surface area contributed by atoms with Gasteiger partial charge in [-0.15, -0.1) is 0 Å². The highest BCUT2D eigenvalue weighted by atomic mass is 16.6. The lowest BCUT2D eigenvalue weighted by Crippen LogP contribution is -2.25. The van der Waals surface area contributed by atoms with Crippen molar-refractivity contribution in [1.82, 2.24) is 0 Å². The molecule has 6 nitrogen and oxygen atoms in total. The van der Waals surface area contributed by atoms with E-state index in [0.717, 1.165) is 0 Å². The standard InChI is InChI=1S/C11H12NO5/c1-3-10(11(13)14)17-8-5-4-7(2)9(6-8)12(15)16/h4-6,10H,2-3H2,1H3,(H,13,14). The molecule has 0 bridgehead atoms. The van der Waals surface area contributed by atoms with Crippen LogP contribution in [-0.4, -0.2) is 22.1 Å². The molecular formula is C11H12NO5. The number of hydrogen-bond acceptors (Lipinski definition) is 4. The maximum atomic E-state index is 10.7. The second-order valence-electron chi connectivity index (χ2n) is 3.40. The van der Waals surface area contributed by atoms with E-state index in [2.05, 4.69) is 6.92 Å². The molecule has 0 spiro atoms. The number of ether oxygens (including phenoxy) is 1. The van der Waals surface area contributed by atoms with Crippen molar-refractivity contribution >= 4 is 11.7 Å². The minimum Gasteiger partial charge on any atom is -0.479 e. The van der Waals surface area contributed by atoms with E-state index in [4.69, 9.17) is 9.84 Å². The SMILES string of the molecule is [CH2]c1ccc(OC(CC)C(=O)O)cc1[N+](=O)[O-]. The third-order valence-corrected chi connectivity index (χ3v) is 2.18. The molecule has 1 radical (unpaired) electrons. The van der Waals surface area contributed by atoms with Crippen LogP contribution in [-0.2, 0) is 4.79 Å². The number of carbonyl (C=O) groups is 1. The van der Waals surface area contributed by atoms with Crippen LogP contribution in [0.1, 0.15) is 18.9 Å². The number of carboxylic acids is 1. The minimum atomic E-state index is -1.10. The number of nitro groups is 1. The maximum absolute atomic E-state index is 10.7. The molecule has 1 rings (SSSR count). The van der Waals surface area contributed by atoms with Gasteiger partial charge in [0.2, 0.25) is 0 Å². The van der Waals surface area contributed by atoms with E-state index >= 15 is 0 Å².